The summed E-state index contributed by atoms with van der Waals surface area (Å²) < 4.78 is 2.42. The summed E-state index contributed by atoms with van der Waals surface area (Å²) in [6.45, 7) is 9.18. The lowest BCUT2D eigenvalue weighted by Crippen LogP contribution is -2.16. The molecule has 2 heteroatoms. The zero-order valence-corrected chi connectivity index (χ0v) is 36.4. The summed E-state index contributed by atoms with van der Waals surface area (Å²) in [5, 5.41) is 2.66. The Morgan fingerprint density at radius 1 is 0.397 bits per heavy atom. The Labute approximate surface area is 371 Å². The maximum absolute atomic E-state index is 2.43. The van der Waals surface area contributed by atoms with Gasteiger partial charge in [0.25, 0.3) is 0 Å². The number of fused-ring (bicyclic) bond motifs is 6. The molecule has 1 heterocycles. The lowest BCUT2D eigenvalue weighted by atomic mass is 9.82. The van der Waals surface area contributed by atoms with E-state index in [2.05, 4.69) is 243 Å². The van der Waals surface area contributed by atoms with Crippen LogP contribution in [0.4, 0.5) is 17.1 Å². The Hall–Kier alpha value is -7.42. The molecule has 2 nitrogen and oxygen atoms in total. The molecule has 1 aromatic heterocycles. The predicted molar refractivity (Wildman–Crippen MR) is 268 cm³/mol. The number of rotatable bonds is 9. The zero-order valence-electron chi connectivity index (χ0n) is 36.4. The van der Waals surface area contributed by atoms with E-state index in [9.17, 15) is 0 Å². The van der Waals surface area contributed by atoms with Gasteiger partial charge in [0, 0.05) is 38.8 Å². The number of benzene rings is 9. The van der Waals surface area contributed by atoms with Gasteiger partial charge in [-0.25, -0.2) is 0 Å². The first kappa shape index (κ1) is 38.5. The van der Waals surface area contributed by atoms with Gasteiger partial charge in [-0.05, 0) is 141 Å². The smallest absolute Gasteiger partial charge is 0.0541 e. The summed E-state index contributed by atoms with van der Waals surface area (Å²) in [6.07, 6.45) is 2.06. The molecule has 0 spiro atoms. The minimum absolute atomic E-state index is 0.102. The van der Waals surface area contributed by atoms with Gasteiger partial charge in [0.15, 0.2) is 0 Å². The van der Waals surface area contributed by atoms with Crippen LogP contribution in [0.25, 0.3) is 72.0 Å². The van der Waals surface area contributed by atoms with Crippen LogP contribution in [0.15, 0.2) is 206 Å². The second-order valence-electron chi connectivity index (χ2n) is 17.5. The highest BCUT2D eigenvalue weighted by molar-refractivity contribution is 6.09. The first-order valence-electron chi connectivity index (χ1n) is 22.5. The highest BCUT2D eigenvalue weighted by Gasteiger charge is 2.36. The van der Waals surface area contributed by atoms with Crippen LogP contribution in [0, 0.1) is 0 Å². The van der Waals surface area contributed by atoms with Crippen LogP contribution >= 0.6 is 0 Å². The minimum atomic E-state index is -0.102. The first-order valence-corrected chi connectivity index (χ1v) is 22.5. The van der Waals surface area contributed by atoms with Crippen molar-refractivity contribution in [2.75, 3.05) is 4.90 Å². The SMILES string of the molecule is CCc1ccc2c(c1)c1cc(CC)ccc1n2-c1ccc(-c2ccc(-c3ccc(N(c4ccc5c(c4)C(C)(C)c4ccccc4-5)c4ccccc4-c4ccccc4)cc3)cc2)cc1. The Morgan fingerprint density at radius 3 is 1.49 bits per heavy atom. The summed E-state index contributed by atoms with van der Waals surface area (Å²) in [6, 6.07) is 76.5. The fourth-order valence-electron chi connectivity index (χ4n) is 10.1. The van der Waals surface area contributed by atoms with E-state index in [1.807, 2.05) is 0 Å². The van der Waals surface area contributed by atoms with Crippen LogP contribution in [0.1, 0.15) is 49.9 Å². The van der Waals surface area contributed by atoms with Crippen LogP contribution in [0.5, 0.6) is 0 Å². The zero-order chi connectivity index (χ0) is 42.7. The highest BCUT2D eigenvalue weighted by Crippen LogP contribution is 2.51. The Balaban J connectivity index is 0.917. The number of hydrogen-bond donors (Lipinski definition) is 0. The largest absolute Gasteiger partial charge is 0.310 e. The highest BCUT2D eigenvalue weighted by atomic mass is 15.1. The van der Waals surface area contributed by atoms with Gasteiger partial charge in [0.2, 0.25) is 0 Å². The van der Waals surface area contributed by atoms with E-state index in [-0.39, 0.29) is 5.41 Å². The van der Waals surface area contributed by atoms with Crippen molar-refractivity contribution in [3.63, 3.8) is 0 Å². The molecule has 0 bridgehead atoms. The summed E-state index contributed by atoms with van der Waals surface area (Å²) in [4.78, 5) is 2.43. The quantitative estimate of drug-likeness (QED) is 0.141. The fourth-order valence-corrected chi connectivity index (χ4v) is 10.1. The summed E-state index contributed by atoms with van der Waals surface area (Å²) in [5.41, 5.74) is 22.3. The van der Waals surface area contributed by atoms with E-state index >= 15 is 0 Å². The third-order valence-electron chi connectivity index (χ3n) is 13.6. The van der Waals surface area contributed by atoms with Crippen molar-refractivity contribution in [1.29, 1.82) is 0 Å². The van der Waals surface area contributed by atoms with Crippen LogP contribution < -0.4 is 4.90 Å². The molecule has 0 saturated heterocycles. The number of nitrogens with zero attached hydrogens (tertiary/aromatic N) is 2. The van der Waals surface area contributed by atoms with Crippen LogP contribution in [0.2, 0.25) is 0 Å². The molecule has 0 aliphatic heterocycles. The van der Waals surface area contributed by atoms with E-state index in [1.54, 1.807) is 0 Å². The van der Waals surface area contributed by atoms with E-state index < -0.39 is 0 Å². The molecule has 10 aromatic rings. The maximum atomic E-state index is 2.43. The van der Waals surface area contributed by atoms with Crippen LogP contribution in [-0.4, -0.2) is 4.57 Å². The maximum Gasteiger partial charge on any atom is 0.0541 e. The van der Waals surface area contributed by atoms with E-state index in [0.717, 1.165) is 29.9 Å². The van der Waals surface area contributed by atoms with Crippen molar-refractivity contribution in [3.8, 4) is 50.2 Å². The van der Waals surface area contributed by atoms with Gasteiger partial charge >= 0.3 is 0 Å². The van der Waals surface area contributed by atoms with Gasteiger partial charge in [0.05, 0.1) is 16.7 Å². The molecule has 0 fully saturated rings. The number of aromatic nitrogens is 1. The van der Waals surface area contributed by atoms with Crippen molar-refractivity contribution in [1.82, 2.24) is 4.57 Å². The molecular weight excluding hydrogens is 761 g/mol. The first-order chi connectivity index (χ1) is 30.9. The van der Waals surface area contributed by atoms with Gasteiger partial charge in [-0.15, -0.1) is 0 Å². The average Bonchev–Trinajstić information content (AvgIpc) is 3.79. The van der Waals surface area contributed by atoms with Gasteiger partial charge in [-0.2, -0.15) is 0 Å². The molecule has 0 N–H and O–H groups in total. The topological polar surface area (TPSA) is 8.17 Å². The molecule has 304 valence electrons. The van der Waals surface area contributed by atoms with E-state index in [4.69, 9.17) is 0 Å². The normalized spacial score (nSPS) is 12.7. The molecule has 9 aromatic carbocycles. The predicted octanol–water partition coefficient (Wildman–Crippen LogP) is 16.7. The second kappa shape index (κ2) is 15.5. The number of anilines is 3. The molecule has 1 aliphatic carbocycles. The van der Waals surface area contributed by atoms with Crippen molar-refractivity contribution in [2.45, 2.75) is 46.0 Å². The summed E-state index contributed by atoms with van der Waals surface area (Å²) in [5.74, 6) is 0. The van der Waals surface area contributed by atoms with Crippen molar-refractivity contribution < 1.29 is 0 Å². The number of para-hydroxylation sites is 1. The van der Waals surface area contributed by atoms with E-state index in [1.165, 1.54) is 94.3 Å². The molecule has 0 saturated carbocycles. The molecule has 11 rings (SSSR count). The van der Waals surface area contributed by atoms with Gasteiger partial charge in [-0.3, -0.25) is 0 Å². The molecule has 0 radical (unpaired) electrons. The Kier molecular flexibility index (Phi) is 9.46. The lowest BCUT2D eigenvalue weighted by molar-refractivity contribution is 0.660. The second-order valence-corrected chi connectivity index (χ2v) is 17.5. The Morgan fingerprint density at radius 2 is 0.889 bits per heavy atom. The molecule has 0 unspecified atom stereocenters. The van der Waals surface area contributed by atoms with Crippen LogP contribution in [0.3, 0.4) is 0 Å². The standard InChI is InChI=1S/C61H50N2/c1-5-41-20-36-59-54(38-41)55-39-42(6-2)21-37-60(55)63(59)49-32-28-46(29-33-49)44-24-22-43(23-25-44)45-26-30-48(31-27-45)62(58-19-13-11-16-51(58)47-14-8-7-9-15-47)50-34-35-53-52-17-10-12-18-56(52)61(3,4)57(53)40-50/h7-40H,5-6H2,1-4H3. The van der Waals surface area contributed by atoms with Crippen LogP contribution in [-0.2, 0) is 18.3 Å². The Bertz CT molecular complexity index is 3230. The number of hydrogen-bond acceptors (Lipinski definition) is 1. The van der Waals surface area contributed by atoms with Crippen molar-refractivity contribution in [3.05, 3.63) is 229 Å². The molecule has 0 atom stereocenters. The number of aryl methyl sites for hydroxylation is 2. The summed E-state index contributed by atoms with van der Waals surface area (Å²) in [7, 11) is 0. The van der Waals surface area contributed by atoms with E-state index in [0.29, 0.717) is 0 Å². The third kappa shape index (κ3) is 6.57. The summed E-state index contributed by atoms with van der Waals surface area (Å²) >= 11 is 0. The van der Waals surface area contributed by atoms with Gasteiger partial charge in [-0.1, -0.05) is 167 Å². The molecule has 1 aliphatic rings. The van der Waals surface area contributed by atoms with Gasteiger partial charge < -0.3 is 9.47 Å². The van der Waals surface area contributed by atoms with Crippen molar-refractivity contribution >= 4 is 38.9 Å². The third-order valence-corrected chi connectivity index (χ3v) is 13.6. The average molecular weight is 811 g/mol. The monoisotopic (exact) mass is 810 g/mol. The lowest BCUT2D eigenvalue weighted by Gasteiger charge is -2.30. The minimum Gasteiger partial charge on any atom is -0.310 e. The fraction of sp³-hybridized carbons (Fsp3) is 0.115. The van der Waals surface area contributed by atoms with Gasteiger partial charge in [0.1, 0.15) is 0 Å². The molecule has 0 amide bonds. The molecule has 63 heavy (non-hydrogen) atoms. The van der Waals surface area contributed by atoms with Crippen molar-refractivity contribution in [2.24, 2.45) is 0 Å². The molecular formula is C61H50N2.